The summed E-state index contributed by atoms with van der Waals surface area (Å²) in [5.41, 5.74) is -0.214. The summed E-state index contributed by atoms with van der Waals surface area (Å²) >= 11 is 0. The topological polar surface area (TPSA) is 82.6 Å². The molecule has 1 heterocycles. The molecule has 0 fully saturated rings. The summed E-state index contributed by atoms with van der Waals surface area (Å²) in [5, 5.41) is 0. The molecule has 0 aromatic carbocycles. The lowest BCUT2D eigenvalue weighted by Crippen LogP contribution is -2.13. The molecule has 0 saturated heterocycles. The molecule has 0 spiro atoms. The molecule has 1 aromatic rings. The number of aromatic nitrogens is 1. The van der Waals surface area contributed by atoms with E-state index in [1.807, 2.05) is 0 Å². The molecule has 16 heavy (non-hydrogen) atoms. The Labute approximate surface area is 91.2 Å². The molecule has 0 saturated carbocycles. The van der Waals surface area contributed by atoms with Crippen LogP contribution >= 0.6 is 0 Å². The first-order valence-electron chi connectivity index (χ1n) is 4.27. The highest BCUT2D eigenvalue weighted by Gasteiger charge is 2.17. The molecule has 0 bridgehead atoms. The van der Waals surface area contributed by atoms with Gasteiger partial charge in [0, 0.05) is 5.56 Å². The second-order valence-electron chi connectivity index (χ2n) is 2.74. The minimum atomic E-state index is -0.784. The molecule has 1 rings (SSSR count). The average Bonchev–Trinajstić information content (AvgIpc) is 2.35. The van der Waals surface area contributed by atoms with Crippen LogP contribution in [0.1, 0.15) is 31.3 Å². The maximum atomic E-state index is 11.3. The van der Waals surface area contributed by atoms with Crippen LogP contribution in [0.5, 0.6) is 0 Å². The fraction of sp³-hybridized carbons (Fsp3) is 0.200. The molecule has 0 aliphatic carbocycles. The van der Waals surface area contributed by atoms with Crippen molar-refractivity contribution in [3.63, 3.8) is 0 Å². The van der Waals surface area contributed by atoms with E-state index in [2.05, 4.69) is 14.5 Å². The van der Waals surface area contributed by atoms with Crippen LogP contribution in [0.4, 0.5) is 0 Å². The third-order valence-electron chi connectivity index (χ3n) is 1.83. The predicted octanol–water partition coefficient (Wildman–Crippen LogP) is 0.467. The third kappa shape index (κ3) is 2.22. The SMILES string of the molecule is COC(=O)c1ccc(C=O)c(C(=O)OC)n1. The molecule has 0 aliphatic rings. The van der Waals surface area contributed by atoms with E-state index in [4.69, 9.17) is 0 Å². The van der Waals surface area contributed by atoms with Crippen LogP contribution in [0.15, 0.2) is 12.1 Å². The van der Waals surface area contributed by atoms with Crippen LogP contribution in [-0.2, 0) is 9.47 Å². The lowest BCUT2D eigenvalue weighted by molar-refractivity contribution is 0.0583. The van der Waals surface area contributed by atoms with Crippen molar-refractivity contribution in [2.75, 3.05) is 14.2 Å². The number of aldehydes is 1. The van der Waals surface area contributed by atoms with E-state index in [0.29, 0.717) is 6.29 Å². The van der Waals surface area contributed by atoms with Gasteiger partial charge in [-0.1, -0.05) is 0 Å². The molecule has 84 valence electrons. The van der Waals surface area contributed by atoms with Gasteiger partial charge in [0.2, 0.25) is 0 Å². The van der Waals surface area contributed by atoms with Crippen molar-refractivity contribution in [3.8, 4) is 0 Å². The van der Waals surface area contributed by atoms with Crippen LogP contribution in [0, 0.1) is 0 Å². The second-order valence-corrected chi connectivity index (χ2v) is 2.74. The second kappa shape index (κ2) is 5.01. The number of ether oxygens (including phenoxy) is 2. The number of carbonyl (C=O) groups is 3. The molecular formula is C10H9NO5. The molecule has 6 nitrogen and oxygen atoms in total. The fourth-order valence-electron chi connectivity index (χ4n) is 1.04. The zero-order chi connectivity index (χ0) is 12.1. The Morgan fingerprint density at radius 2 is 1.81 bits per heavy atom. The van der Waals surface area contributed by atoms with E-state index in [-0.39, 0.29) is 17.0 Å². The van der Waals surface area contributed by atoms with Gasteiger partial charge >= 0.3 is 11.9 Å². The first kappa shape index (κ1) is 11.8. The van der Waals surface area contributed by atoms with Crippen molar-refractivity contribution in [2.45, 2.75) is 0 Å². The zero-order valence-electron chi connectivity index (χ0n) is 8.72. The molecule has 0 unspecified atom stereocenters. The maximum absolute atomic E-state index is 11.3. The number of nitrogens with zero attached hydrogens (tertiary/aromatic N) is 1. The highest BCUT2D eigenvalue weighted by Crippen LogP contribution is 2.08. The molecule has 0 atom stereocenters. The summed E-state index contributed by atoms with van der Waals surface area (Å²) in [5.74, 6) is -1.48. The number of methoxy groups -OCH3 is 2. The van der Waals surface area contributed by atoms with Gasteiger partial charge in [-0.25, -0.2) is 14.6 Å². The van der Waals surface area contributed by atoms with Crippen molar-refractivity contribution in [1.29, 1.82) is 0 Å². The van der Waals surface area contributed by atoms with Gasteiger partial charge in [0.05, 0.1) is 14.2 Å². The van der Waals surface area contributed by atoms with Gasteiger partial charge in [-0.3, -0.25) is 4.79 Å². The normalized spacial score (nSPS) is 9.38. The van der Waals surface area contributed by atoms with Crippen molar-refractivity contribution in [1.82, 2.24) is 4.98 Å². The Kier molecular flexibility index (Phi) is 3.71. The fourth-order valence-corrected chi connectivity index (χ4v) is 1.04. The van der Waals surface area contributed by atoms with Crippen LogP contribution < -0.4 is 0 Å². The maximum Gasteiger partial charge on any atom is 0.357 e. The van der Waals surface area contributed by atoms with E-state index in [0.717, 1.165) is 7.11 Å². The predicted molar refractivity (Wildman–Crippen MR) is 52.3 cm³/mol. The summed E-state index contributed by atoms with van der Waals surface area (Å²) in [7, 11) is 2.35. The zero-order valence-corrected chi connectivity index (χ0v) is 8.72. The van der Waals surface area contributed by atoms with E-state index >= 15 is 0 Å². The summed E-state index contributed by atoms with van der Waals surface area (Å²) in [6, 6.07) is 2.60. The number of esters is 2. The number of hydrogen-bond acceptors (Lipinski definition) is 6. The summed E-state index contributed by atoms with van der Waals surface area (Å²) in [4.78, 5) is 36.8. The van der Waals surface area contributed by atoms with Crippen molar-refractivity contribution < 1.29 is 23.9 Å². The van der Waals surface area contributed by atoms with Crippen LogP contribution in [0.3, 0.4) is 0 Å². The van der Waals surface area contributed by atoms with Gasteiger partial charge in [-0.05, 0) is 12.1 Å². The lowest BCUT2D eigenvalue weighted by atomic mass is 10.2. The average molecular weight is 223 g/mol. The van der Waals surface area contributed by atoms with Gasteiger partial charge < -0.3 is 9.47 Å². The van der Waals surface area contributed by atoms with Crippen LogP contribution in [0.25, 0.3) is 0 Å². The first-order chi connectivity index (χ1) is 7.63. The van der Waals surface area contributed by atoms with Crippen molar-refractivity contribution >= 4 is 18.2 Å². The van der Waals surface area contributed by atoms with Gasteiger partial charge in [0.15, 0.2) is 12.0 Å². The largest absolute Gasteiger partial charge is 0.464 e. The minimum absolute atomic E-state index is 0.0551. The van der Waals surface area contributed by atoms with Gasteiger partial charge in [0.1, 0.15) is 5.69 Å². The Morgan fingerprint density at radius 1 is 1.19 bits per heavy atom. The summed E-state index contributed by atoms with van der Waals surface area (Å²) < 4.78 is 8.87. The number of hydrogen-bond donors (Lipinski definition) is 0. The number of rotatable bonds is 3. The third-order valence-corrected chi connectivity index (χ3v) is 1.83. The molecule has 0 N–H and O–H groups in total. The van der Waals surface area contributed by atoms with E-state index in [9.17, 15) is 14.4 Å². The molecule has 0 aliphatic heterocycles. The summed E-state index contributed by atoms with van der Waals surface area (Å²) in [6.07, 6.45) is 0.459. The quantitative estimate of drug-likeness (QED) is 0.547. The Hall–Kier alpha value is -2.24. The van der Waals surface area contributed by atoms with E-state index < -0.39 is 11.9 Å². The Balaban J connectivity index is 3.26. The molecule has 1 aromatic heterocycles. The van der Waals surface area contributed by atoms with Gasteiger partial charge in [-0.15, -0.1) is 0 Å². The van der Waals surface area contributed by atoms with Crippen LogP contribution in [-0.4, -0.2) is 37.4 Å². The highest BCUT2D eigenvalue weighted by molar-refractivity contribution is 5.98. The molecule has 0 radical (unpaired) electrons. The molecule has 0 amide bonds. The molecular weight excluding hydrogens is 214 g/mol. The van der Waals surface area contributed by atoms with Gasteiger partial charge in [0.25, 0.3) is 0 Å². The minimum Gasteiger partial charge on any atom is -0.464 e. The highest BCUT2D eigenvalue weighted by atomic mass is 16.5. The van der Waals surface area contributed by atoms with Gasteiger partial charge in [-0.2, -0.15) is 0 Å². The van der Waals surface area contributed by atoms with Crippen LogP contribution in [0.2, 0.25) is 0 Å². The smallest absolute Gasteiger partial charge is 0.357 e. The monoisotopic (exact) mass is 223 g/mol. The van der Waals surface area contributed by atoms with Crippen molar-refractivity contribution in [2.24, 2.45) is 0 Å². The lowest BCUT2D eigenvalue weighted by Gasteiger charge is -2.03. The standard InChI is InChI=1S/C10H9NO5/c1-15-9(13)7-4-3-6(5-12)8(11-7)10(14)16-2/h3-5H,1-2H3. The van der Waals surface area contributed by atoms with Crippen molar-refractivity contribution in [3.05, 3.63) is 29.1 Å². The van der Waals surface area contributed by atoms with E-state index in [1.165, 1.54) is 19.2 Å². The Morgan fingerprint density at radius 3 is 2.31 bits per heavy atom. The number of pyridine rings is 1. The summed E-state index contributed by atoms with van der Waals surface area (Å²) in [6.45, 7) is 0. The Bertz CT molecular complexity index is 441. The van der Waals surface area contributed by atoms with E-state index in [1.54, 1.807) is 0 Å². The first-order valence-corrected chi connectivity index (χ1v) is 4.27. The number of carbonyl (C=O) groups excluding carboxylic acids is 3. The molecule has 6 heteroatoms.